The largest absolute Gasteiger partial charge is 0.479 e. The molecule has 0 bridgehead atoms. The molecule has 8 heteroatoms. The Bertz CT molecular complexity index is 974. The summed E-state index contributed by atoms with van der Waals surface area (Å²) < 4.78 is 10.3. The molecule has 1 aliphatic carbocycles. The Morgan fingerprint density at radius 2 is 1.58 bits per heavy atom. The Labute approximate surface area is 193 Å². The molecule has 0 fully saturated rings. The minimum atomic E-state index is -1.15. The Morgan fingerprint density at radius 3 is 2.12 bits per heavy atom. The summed E-state index contributed by atoms with van der Waals surface area (Å²) >= 11 is 0. The maximum Gasteiger partial charge on any atom is 0.407 e. The topological polar surface area (TPSA) is 114 Å². The van der Waals surface area contributed by atoms with Crippen LogP contribution >= 0.6 is 0 Å². The van der Waals surface area contributed by atoms with Crippen LogP contribution in [0.2, 0.25) is 0 Å². The molecule has 1 unspecified atom stereocenters. The van der Waals surface area contributed by atoms with Crippen LogP contribution in [0.3, 0.4) is 0 Å². The van der Waals surface area contributed by atoms with Crippen molar-refractivity contribution in [2.75, 3.05) is 26.8 Å². The SMILES string of the molecule is COC(CNC(=O)C(C)(C)CCNC(=O)OCC1c2ccccc2-c2ccccc21)C(=O)O. The van der Waals surface area contributed by atoms with E-state index in [0.717, 1.165) is 22.3 Å². The molecule has 176 valence electrons. The third-order valence-corrected chi connectivity index (χ3v) is 5.99. The van der Waals surface area contributed by atoms with Crippen molar-refractivity contribution in [3.8, 4) is 11.1 Å². The van der Waals surface area contributed by atoms with E-state index in [2.05, 4.69) is 34.9 Å². The van der Waals surface area contributed by atoms with Gasteiger partial charge in [0, 0.05) is 25.0 Å². The van der Waals surface area contributed by atoms with Crippen molar-refractivity contribution in [1.82, 2.24) is 10.6 Å². The van der Waals surface area contributed by atoms with Gasteiger partial charge in [0.05, 0.1) is 6.54 Å². The number of carboxylic acids is 1. The smallest absolute Gasteiger partial charge is 0.407 e. The molecule has 3 N–H and O–H groups in total. The van der Waals surface area contributed by atoms with Gasteiger partial charge in [-0.1, -0.05) is 62.4 Å². The van der Waals surface area contributed by atoms with Gasteiger partial charge in [0.25, 0.3) is 0 Å². The van der Waals surface area contributed by atoms with E-state index in [1.165, 1.54) is 7.11 Å². The lowest BCUT2D eigenvalue weighted by Crippen LogP contribution is -2.44. The first-order valence-electron chi connectivity index (χ1n) is 10.9. The zero-order valence-corrected chi connectivity index (χ0v) is 19.1. The van der Waals surface area contributed by atoms with E-state index < -0.39 is 23.6 Å². The number of benzene rings is 2. The van der Waals surface area contributed by atoms with Crippen LogP contribution in [0.15, 0.2) is 48.5 Å². The van der Waals surface area contributed by atoms with Gasteiger partial charge in [-0.2, -0.15) is 0 Å². The molecule has 8 nitrogen and oxygen atoms in total. The van der Waals surface area contributed by atoms with Gasteiger partial charge in [0.2, 0.25) is 5.91 Å². The van der Waals surface area contributed by atoms with Gasteiger partial charge in [-0.05, 0) is 28.7 Å². The first-order valence-corrected chi connectivity index (χ1v) is 10.9. The van der Waals surface area contributed by atoms with Crippen LogP contribution in [0.25, 0.3) is 11.1 Å². The Kier molecular flexibility index (Phi) is 7.71. The number of fused-ring (bicyclic) bond motifs is 3. The first kappa shape index (κ1) is 24.3. The zero-order chi connectivity index (χ0) is 24.0. The number of hydrogen-bond acceptors (Lipinski definition) is 5. The lowest BCUT2D eigenvalue weighted by molar-refractivity contribution is -0.148. The number of ether oxygens (including phenoxy) is 2. The molecule has 0 aromatic heterocycles. The predicted molar refractivity (Wildman–Crippen MR) is 123 cm³/mol. The standard InChI is InChI=1S/C25H30N2O6/c1-25(2,23(30)27-14-21(32-3)22(28)29)12-13-26-24(31)33-15-20-18-10-6-4-8-16(18)17-9-5-7-11-19(17)20/h4-11,20-21H,12-15H2,1-3H3,(H,26,31)(H,27,30)(H,28,29). The minimum absolute atomic E-state index is 0.0201. The number of alkyl carbamates (subject to hydrolysis) is 1. The van der Waals surface area contributed by atoms with Crippen molar-refractivity contribution >= 4 is 18.0 Å². The number of rotatable bonds is 10. The number of aliphatic carboxylic acids is 1. The monoisotopic (exact) mass is 454 g/mol. The first-order chi connectivity index (χ1) is 15.7. The van der Waals surface area contributed by atoms with Crippen molar-refractivity contribution in [3.05, 3.63) is 59.7 Å². The average Bonchev–Trinajstić information content (AvgIpc) is 3.11. The van der Waals surface area contributed by atoms with Crippen molar-refractivity contribution in [3.63, 3.8) is 0 Å². The Balaban J connectivity index is 1.47. The molecule has 1 atom stereocenters. The lowest BCUT2D eigenvalue weighted by Gasteiger charge is -2.24. The maximum absolute atomic E-state index is 12.4. The van der Waals surface area contributed by atoms with Crippen LogP contribution in [-0.2, 0) is 19.1 Å². The fraction of sp³-hybridized carbons (Fsp3) is 0.400. The van der Waals surface area contributed by atoms with Gasteiger partial charge in [0.15, 0.2) is 6.10 Å². The highest BCUT2D eigenvalue weighted by Crippen LogP contribution is 2.44. The van der Waals surface area contributed by atoms with E-state index in [1.54, 1.807) is 13.8 Å². The van der Waals surface area contributed by atoms with Crippen molar-refractivity contribution in [2.24, 2.45) is 5.41 Å². The highest BCUT2D eigenvalue weighted by molar-refractivity contribution is 5.83. The number of nitrogens with one attached hydrogen (secondary N) is 2. The summed E-state index contributed by atoms with van der Waals surface area (Å²) in [7, 11) is 1.27. The molecule has 0 saturated heterocycles. The van der Waals surface area contributed by atoms with Gasteiger partial charge in [-0.15, -0.1) is 0 Å². The third-order valence-electron chi connectivity index (χ3n) is 5.99. The van der Waals surface area contributed by atoms with E-state index in [1.807, 2.05) is 24.3 Å². The normalized spacial score (nSPS) is 13.5. The zero-order valence-electron chi connectivity index (χ0n) is 19.1. The van der Waals surface area contributed by atoms with Crippen molar-refractivity contribution < 1.29 is 29.0 Å². The average molecular weight is 455 g/mol. The number of methoxy groups -OCH3 is 1. The molecule has 2 aromatic carbocycles. The van der Waals surface area contributed by atoms with E-state index in [0.29, 0.717) is 6.42 Å². The molecule has 0 saturated carbocycles. The molecular weight excluding hydrogens is 424 g/mol. The van der Waals surface area contributed by atoms with Gasteiger partial charge < -0.3 is 25.2 Å². The Hall–Kier alpha value is -3.39. The van der Waals surface area contributed by atoms with Crippen LogP contribution in [-0.4, -0.2) is 56.0 Å². The molecular formula is C25H30N2O6. The number of amides is 2. The molecule has 2 amide bonds. The van der Waals surface area contributed by atoms with E-state index in [-0.39, 0.29) is 31.5 Å². The second-order valence-corrected chi connectivity index (χ2v) is 8.66. The molecule has 0 heterocycles. The van der Waals surface area contributed by atoms with Gasteiger partial charge in [-0.25, -0.2) is 9.59 Å². The summed E-state index contributed by atoms with van der Waals surface area (Å²) in [6, 6.07) is 16.2. The van der Waals surface area contributed by atoms with Crippen LogP contribution in [0, 0.1) is 5.41 Å². The second-order valence-electron chi connectivity index (χ2n) is 8.66. The van der Waals surface area contributed by atoms with Crippen molar-refractivity contribution in [2.45, 2.75) is 32.3 Å². The fourth-order valence-corrected chi connectivity index (χ4v) is 3.94. The minimum Gasteiger partial charge on any atom is -0.479 e. The molecule has 0 aliphatic heterocycles. The summed E-state index contributed by atoms with van der Waals surface area (Å²) in [5, 5.41) is 14.3. The van der Waals surface area contributed by atoms with Crippen LogP contribution in [0.4, 0.5) is 4.79 Å². The number of hydrogen-bond donors (Lipinski definition) is 3. The summed E-state index contributed by atoms with van der Waals surface area (Å²) in [5.74, 6) is -1.49. The van der Waals surface area contributed by atoms with E-state index >= 15 is 0 Å². The number of carboxylic acid groups (broad SMARTS) is 1. The predicted octanol–water partition coefficient (Wildman–Crippen LogP) is 3.16. The van der Waals surface area contributed by atoms with Gasteiger partial charge in [-0.3, -0.25) is 4.79 Å². The summed E-state index contributed by atoms with van der Waals surface area (Å²) in [4.78, 5) is 35.7. The molecule has 0 radical (unpaired) electrons. The molecule has 0 spiro atoms. The molecule has 3 rings (SSSR count). The quantitative estimate of drug-likeness (QED) is 0.508. The number of carbonyl (C=O) groups excluding carboxylic acids is 2. The molecule has 2 aromatic rings. The summed E-state index contributed by atoms with van der Waals surface area (Å²) in [6.07, 6.45) is -1.30. The van der Waals surface area contributed by atoms with E-state index in [4.69, 9.17) is 14.6 Å². The third kappa shape index (κ3) is 5.70. The fourth-order valence-electron chi connectivity index (χ4n) is 3.94. The number of carbonyl (C=O) groups is 3. The molecule has 1 aliphatic rings. The van der Waals surface area contributed by atoms with Crippen LogP contribution < -0.4 is 10.6 Å². The van der Waals surface area contributed by atoms with E-state index in [9.17, 15) is 14.4 Å². The molecule has 33 heavy (non-hydrogen) atoms. The van der Waals surface area contributed by atoms with Gasteiger partial charge >= 0.3 is 12.1 Å². The summed E-state index contributed by atoms with van der Waals surface area (Å²) in [6.45, 7) is 3.78. The van der Waals surface area contributed by atoms with Crippen molar-refractivity contribution in [1.29, 1.82) is 0 Å². The highest BCUT2D eigenvalue weighted by Gasteiger charge is 2.30. The summed E-state index contributed by atoms with van der Waals surface area (Å²) in [5.41, 5.74) is 3.79. The second kappa shape index (κ2) is 10.5. The van der Waals surface area contributed by atoms with Crippen LogP contribution in [0.1, 0.15) is 37.3 Å². The lowest BCUT2D eigenvalue weighted by atomic mass is 9.88. The van der Waals surface area contributed by atoms with Gasteiger partial charge in [0.1, 0.15) is 6.61 Å². The van der Waals surface area contributed by atoms with Crippen LogP contribution in [0.5, 0.6) is 0 Å². The maximum atomic E-state index is 12.4. The highest BCUT2D eigenvalue weighted by atomic mass is 16.5. The Morgan fingerprint density at radius 1 is 1.00 bits per heavy atom.